The molecular weight excluding hydrogens is 582 g/mol. The van der Waals surface area contributed by atoms with E-state index in [1.54, 1.807) is 0 Å². The van der Waals surface area contributed by atoms with Gasteiger partial charge in [0.05, 0.1) is 17.6 Å². The highest BCUT2D eigenvalue weighted by Crippen LogP contribution is 2.19. The zero-order chi connectivity index (χ0) is 35.6. The monoisotopic (exact) mass is 658 g/mol. The number of rotatable bonds is 12. The van der Waals surface area contributed by atoms with Gasteiger partial charge in [-0.05, 0) is 132 Å². The topological polar surface area (TPSA) is 63.2 Å². The third kappa shape index (κ3) is 13.5. The molecule has 0 aliphatic rings. The van der Waals surface area contributed by atoms with Gasteiger partial charge < -0.3 is 0 Å². The van der Waals surface area contributed by atoms with Crippen LogP contribution in [-0.2, 0) is 19.6 Å². The van der Waals surface area contributed by atoms with E-state index in [0.717, 1.165) is 25.3 Å². The van der Waals surface area contributed by atoms with Crippen molar-refractivity contribution in [2.24, 2.45) is 0 Å². The third-order valence-corrected chi connectivity index (χ3v) is 9.04. The quantitative estimate of drug-likeness (QED) is 0.194. The Morgan fingerprint density at radius 2 is 1.00 bits per heavy atom. The largest absolute Gasteiger partial charge is 0.300 e. The van der Waals surface area contributed by atoms with Crippen molar-refractivity contribution in [3.05, 3.63) is 51.9 Å². The molecule has 0 aromatic carbocycles. The molecule has 3 rings (SSSR count). The van der Waals surface area contributed by atoms with Crippen molar-refractivity contribution >= 4 is 0 Å². The number of hydrogen-bond donors (Lipinski definition) is 0. The van der Waals surface area contributed by atoms with Crippen molar-refractivity contribution in [2.75, 3.05) is 21.1 Å². The van der Waals surface area contributed by atoms with Gasteiger partial charge in [-0.1, -0.05) is 7.43 Å². The molecule has 0 unspecified atom stereocenters. The minimum absolute atomic E-state index is 0. The van der Waals surface area contributed by atoms with Crippen LogP contribution in [0.25, 0.3) is 0 Å². The van der Waals surface area contributed by atoms with Crippen molar-refractivity contribution in [2.45, 2.75) is 174 Å². The average Bonchev–Trinajstić information content (AvgIpc) is 3.60. The van der Waals surface area contributed by atoms with Crippen LogP contribution in [0.1, 0.15) is 148 Å². The first-order valence-electron chi connectivity index (χ1n) is 17.4. The standard InChI is InChI=1S/C13H25N3.2C12H23N3.CH4/c1-9(2)15(7)8-13-11(5)14-16(10(3)4)12(13)6;1-9(2)14(6)7-12-8-15(10(3)4)13-11(12)5;1-9(2)14(6)8-12-7-13-15(10(3)4)11(12)5;/h9-10H,8H2,1-7H3;8-10H,7H2,1-6H3;7,9-10H,8H2,1-6H3;1H4. The van der Waals surface area contributed by atoms with Gasteiger partial charge in [0, 0.05) is 90.2 Å². The normalized spacial score (nSPS) is 11.8. The maximum absolute atomic E-state index is 4.61. The summed E-state index contributed by atoms with van der Waals surface area (Å²) in [7, 11) is 6.46. The Labute approximate surface area is 290 Å². The Morgan fingerprint density at radius 3 is 1.36 bits per heavy atom. The smallest absolute Gasteiger partial charge is 0.0641 e. The highest BCUT2D eigenvalue weighted by atomic mass is 15.3. The van der Waals surface area contributed by atoms with Crippen LogP contribution >= 0.6 is 0 Å². The van der Waals surface area contributed by atoms with Crippen LogP contribution in [0.15, 0.2) is 12.4 Å². The van der Waals surface area contributed by atoms with E-state index < -0.39 is 0 Å². The maximum atomic E-state index is 4.61. The molecule has 0 saturated heterocycles. The predicted molar refractivity (Wildman–Crippen MR) is 203 cm³/mol. The minimum atomic E-state index is 0. The summed E-state index contributed by atoms with van der Waals surface area (Å²) in [5, 5.41) is 13.5. The molecule has 0 spiro atoms. The van der Waals surface area contributed by atoms with Crippen LogP contribution in [0.3, 0.4) is 0 Å². The Kier molecular flexibility index (Phi) is 19.1. The molecule has 3 heterocycles. The highest BCUT2D eigenvalue weighted by Gasteiger charge is 2.16. The van der Waals surface area contributed by atoms with E-state index in [9.17, 15) is 0 Å². The number of nitrogens with zero attached hydrogens (tertiary/aromatic N) is 9. The van der Waals surface area contributed by atoms with Crippen LogP contribution in [-0.4, -0.2) is 83.3 Å². The summed E-state index contributed by atoms with van der Waals surface area (Å²) < 4.78 is 6.25. The van der Waals surface area contributed by atoms with Gasteiger partial charge in [0.15, 0.2) is 0 Å². The van der Waals surface area contributed by atoms with Gasteiger partial charge in [-0.25, -0.2) is 0 Å². The Hall–Kier alpha value is -2.49. The second-order valence-corrected chi connectivity index (χ2v) is 14.8. The molecular formula is C38H75N9. The Morgan fingerprint density at radius 1 is 0.553 bits per heavy atom. The second kappa shape index (κ2) is 20.1. The summed E-state index contributed by atoms with van der Waals surface area (Å²) >= 11 is 0. The SMILES string of the molecule is C.Cc1c(CN(C)C(C)C)cnn1C(C)C.Cc1nn(C(C)C)c(C)c1CN(C)C(C)C.Cc1nn(C(C)C)cc1CN(C)C(C)C. The van der Waals surface area contributed by atoms with Crippen molar-refractivity contribution < 1.29 is 0 Å². The summed E-state index contributed by atoms with van der Waals surface area (Å²) in [5.74, 6) is 0. The Bertz CT molecular complexity index is 1280. The predicted octanol–water partition coefficient (Wildman–Crippen LogP) is 8.78. The molecule has 0 atom stereocenters. The minimum Gasteiger partial charge on any atom is -0.300 e. The van der Waals surface area contributed by atoms with Gasteiger partial charge in [0.2, 0.25) is 0 Å². The maximum Gasteiger partial charge on any atom is 0.0641 e. The lowest BCUT2D eigenvalue weighted by Gasteiger charge is -2.21. The molecule has 0 aliphatic carbocycles. The molecule has 0 saturated carbocycles. The molecule has 3 aromatic rings. The highest BCUT2D eigenvalue weighted by molar-refractivity contribution is 5.25. The van der Waals surface area contributed by atoms with E-state index in [1.807, 2.05) is 10.9 Å². The van der Waals surface area contributed by atoms with Crippen LogP contribution in [0.5, 0.6) is 0 Å². The van der Waals surface area contributed by atoms with Gasteiger partial charge in [0.1, 0.15) is 0 Å². The molecule has 0 fully saturated rings. The summed E-state index contributed by atoms with van der Waals surface area (Å²) in [5.41, 5.74) is 8.96. The lowest BCUT2D eigenvalue weighted by Crippen LogP contribution is -2.26. The van der Waals surface area contributed by atoms with E-state index in [-0.39, 0.29) is 7.43 Å². The van der Waals surface area contributed by atoms with E-state index in [4.69, 9.17) is 0 Å². The van der Waals surface area contributed by atoms with E-state index in [0.29, 0.717) is 36.3 Å². The molecule has 0 amide bonds. The zero-order valence-electron chi connectivity index (χ0n) is 33.3. The molecule has 0 N–H and O–H groups in total. The lowest BCUT2D eigenvalue weighted by molar-refractivity contribution is 0.264. The second-order valence-electron chi connectivity index (χ2n) is 14.8. The van der Waals surface area contributed by atoms with Gasteiger partial charge in [-0.2, -0.15) is 15.3 Å². The van der Waals surface area contributed by atoms with E-state index in [1.165, 1.54) is 33.8 Å². The molecule has 0 aliphatic heterocycles. The molecule has 47 heavy (non-hydrogen) atoms. The van der Waals surface area contributed by atoms with E-state index >= 15 is 0 Å². The van der Waals surface area contributed by atoms with Crippen molar-refractivity contribution in [3.8, 4) is 0 Å². The van der Waals surface area contributed by atoms with Gasteiger partial charge in [0.25, 0.3) is 0 Å². The number of hydrogen-bond acceptors (Lipinski definition) is 6. The van der Waals surface area contributed by atoms with Crippen molar-refractivity contribution in [1.29, 1.82) is 0 Å². The van der Waals surface area contributed by atoms with E-state index in [2.05, 4.69) is 177 Å². The molecule has 9 heteroatoms. The molecule has 9 nitrogen and oxygen atoms in total. The third-order valence-electron chi connectivity index (χ3n) is 9.04. The molecule has 272 valence electrons. The summed E-state index contributed by atoms with van der Waals surface area (Å²) in [6.45, 7) is 37.7. The molecule has 0 bridgehead atoms. The first-order valence-corrected chi connectivity index (χ1v) is 17.4. The van der Waals surface area contributed by atoms with Crippen LogP contribution in [0.2, 0.25) is 0 Å². The zero-order valence-corrected chi connectivity index (χ0v) is 33.3. The first-order chi connectivity index (χ1) is 21.2. The molecule has 3 aromatic heterocycles. The summed E-state index contributed by atoms with van der Waals surface area (Å²) in [6.07, 6.45) is 4.16. The fourth-order valence-electron chi connectivity index (χ4n) is 4.84. The van der Waals surface area contributed by atoms with Gasteiger partial charge >= 0.3 is 0 Å². The van der Waals surface area contributed by atoms with Gasteiger partial charge in [-0.15, -0.1) is 0 Å². The first kappa shape index (κ1) is 44.5. The molecule has 0 radical (unpaired) electrons. The van der Waals surface area contributed by atoms with Crippen LogP contribution < -0.4 is 0 Å². The average molecular weight is 658 g/mol. The summed E-state index contributed by atoms with van der Waals surface area (Å²) in [4.78, 5) is 7.00. The van der Waals surface area contributed by atoms with Crippen molar-refractivity contribution in [1.82, 2.24) is 44.0 Å². The fraction of sp³-hybridized carbons (Fsp3) is 0.763. The Balaban J connectivity index is 0.000000669. The number of aromatic nitrogens is 6. The number of aryl methyl sites for hydroxylation is 2. The van der Waals surface area contributed by atoms with Gasteiger partial charge in [-0.3, -0.25) is 28.7 Å². The van der Waals surface area contributed by atoms with Crippen LogP contribution in [0.4, 0.5) is 0 Å². The fourth-order valence-corrected chi connectivity index (χ4v) is 4.84. The summed E-state index contributed by atoms with van der Waals surface area (Å²) in [6, 6.07) is 3.06. The van der Waals surface area contributed by atoms with Crippen LogP contribution in [0, 0.1) is 27.7 Å². The lowest BCUT2D eigenvalue weighted by atomic mass is 10.1. The van der Waals surface area contributed by atoms with Crippen molar-refractivity contribution in [3.63, 3.8) is 0 Å².